The second-order valence-electron chi connectivity index (χ2n) is 4.54. The van der Waals surface area contributed by atoms with E-state index in [1.54, 1.807) is 0 Å². The molecule has 1 fully saturated rings. The zero-order chi connectivity index (χ0) is 11.9. The van der Waals surface area contributed by atoms with Crippen LogP contribution in [0.25, 0.3) is 0 Å². The molecule has 2 nitrogen and oxygen atoms in total. The van der Waals surface area contributed by atoms with Crippen LogP contribution in [0.4, 0.5) is 0 Å². The van der Waals surface area contributed by atoms with Gasteiger partial charge < -0.3 is 5.32 Å². The van der Waals surface area contributed by atoms with Crippen molar-refractivity contribution in [3.05, 3.63) is 22.4 Å². The van der Waals surface area contributed by atoms with Gasteiger partial charge in [-0.05, 0) is 24.8 Å². The van der Waals surface area contributed by atoms with E-state index in [-0.39, 0.29) is 0 Å². The Morgan fingerprint density at radius 1 is 1.47 bits per heavy atom. The zero-order valence-corrected chi connectivity index (χ0v) is 12.2. The molecule has 1 aliphatic rings. The Morgan fingerprint density at radius 2 is 2.41 bits per heavy atom. The molecule has 1 aliphatic heterocycles. The van der Waals surface area contributed by atoms with Crippen LogP contribution >= 0.6 is 23.1 Å². The van der Waals surface area contributed by atoms with E-state index in [1.165, 1.54) is 35.9 Å². The summed E-state index contributed by atoms with van der Waals surface area (Å²) in [5.74, 6) is 2.61. The number of rotatable bonds is 6. The van der Waals surface area contributed by atoms with E-state index in [0.717, 1.165) is 19.1 Å². The van der Waals surface area contributed by atoms with E-state index in [0.29, 0.717) is 0 Å². The van der Waals surface area contributed by atoms with Gasteiger partial charge in [-0.15, -0.1) is 11.3 Å². The third-order valence-electron chi connectivity index (χ3n) is 3.21. The van der Waals surface area contributed by atoms with Gasteiger partial charge in [0.25, 0.3) is 0 Å². The molecule has 0 bridgehead atoms. The first-order chi connectivity index (χ1) is 8.36. The monoisotopic (exact) mass is 270 g/mol. The van der Waals surface area contributed by atoms with Gasteiger partial charge in [0.05, 0.1) is 0 Å². The normalized spacial score (nSPS) is 21.8. The van der Waals surface area contributed by atoms with E-state index in [2.05, 4.69) is 46.4 Å². The van der Waals surface area contributed by atoms with Crippen LogP contribution in [0, 0.1) is 0 Å². The van der Waals surface area contributed by atoms with Crippen LogP contribution in [0.3, 0.4) is 0 Å². The molecule has 1 aromatic rings. The average molecular weight is 270 g/mol. The number of hydrogen-bond acceptors (Lipinski definition) is 4. The first-order valence-corrected chi connectivity index (χ1v) is 8.44. The van der Waals surface area contributed by atoms with Gasteiger partial charge in [-0.25, -0.2) is 0 Å². The summed E-state index contributed by atoms with van der Waals surface area (Å²) in [6.45, 7) is 7.04. The predicted molar refractivity (Wildman–Crippen MR) is 79.3 cm³/mol. The van der Waals surface area contributed by atoms with E-state index in [1.807, 2.05) is 11.3 Å². The third kappa shape index (κ3) is 4.62. The minimum absolute atomic E-state index is 0.757. The summed E-state index contributed by atoms with van der Waals surface area (Å²) >= 11 is 3.94. The average Bonchev–Trinajstić information content (AvgIpc) is 2.84. The van der Waals surface area contributed by atoms with Crippen LogP contribution in [-0.4, -0.2) is 48.6 Å². The van der Waals surface area contributed by atoms with Gasteiger partial charge in [0.2, 0.25) is 0 Å². The van der Waals surface area contributed by atoms with Crippen molar-refractivity contribution < 1.29 is 0 Å². The van der Waals surface area contributed by atoms with E-state index in [4.69, 9.17) is 0 Å². The highest BCUT2D eigenvalue weighted by Gasteiger charge is 2.17. The van der Waals surface area contributed by atoms with Crippen LogP contribution in [0.5, 0.6) is 0 Å². The topological polar surface area (TPSA) is 15.3 Å². The minimum atomic E-state index is 0.757. The van der Waals surface area contributed by atoms with E-state index < -0.39 is 0 Å². The lowest BCUT2D eigenvalue weighted by atomic mass is 10.3. The highest BCUT2D eigenvalue weighted by molar-refractivity contribution is 7.99. The quantitative estimate of drug-likeness (QED) is 0.799. The fourth-order valence-electron chi connectivity index (χ4n) is 2.11. The fourth-order valence-corrected chi connectivity index (χ4v) is 3.90. The molecule has 1 saturated heterocycles. The maximum atomic E-state index is 3.55. The second kappa shape index (κ2) is 7.41. The largest absolute Gasteiger partial charge is 0.315 e. The Balaban J connectivity index is 1.53. The van der Waals surface area contributed by atoms with Gasteiger partial charge in [-0.3, -0.25) is 4.90 Å². The van der Waals surface area contributed by atoms with Crippen LogP contribution in [-0.2, 0) is 6.42 Å². The molecule has 2 rings (SSSR count). The fraction of sp³-hybridized carbons (Fsp3) is 0.692. The summed E-state index contributed by atoms with van der Waals surface area (Å²) < 4.78 is 0. The van der Waals surface area contributed by atoms with Crippen molar-refractivity contribution in [3.8, 4) is 0 Å². The Labute approximate surface area is 113 Å². The SMILES string of the molecule is CC1CSCCN1CCNCCc1cccs1. The molecule has 4 heteroatoms. The molecule has 1 aromatic heterocycles. The van der Waals surface area contributed by atoms with Crippen LogP contribution in [0.2, 0.25) is 0 Å². The molecule has 2 heterocycles. The lowest BCUT2D eigenvalue weighted by molar-refractivity contribution is 0.233. The summed E-state index contributed by atoms with van der Waals surface area (Å²) in [5, 5.41) is 5.70. The van der Waals surface area contributed by atoms with Crippen LogP contribution in [0.1, 0.15) is 11.8 Å². The van der Waals surface area contributed by atoms with Gasteiger partial charge in [0.15, 0.2) is 0 Å². The Bertz CT molecular complexity index is 300. The molecule has 1 N–H and O–H groups in total. The van der Waals surface area contributed by atoms with Crippen molar-refractivity contribution in [2.75, 3.05) is 37.7 Å². The lowest BCUT2D eigenvalue weighted by Gasteiger charge is -2.32. The zero-order valence-electron chi connectivity index (χ0n) is 10.5. The standard InChI is InChI=1S/C13H22N2S2/c1-12-11-16-10-8-15(12)7-6-14-5-4-13-3-2-9-17-13/h2-3,9,12,14H,4-8,10-11H2,1H3. The first kappa shape index (κ1) is 13.4. The molecule has 0 amide bonds. The van der Waals surface area contributed by atoms with E-state index in [9.17, 15) is 0 Å². The van der Waals surface area contributed by atoms with Crippen molar-refractivity contribution in [2.45, 2.75) is 19.4 Å². The second-order valence-corrected chi connectivity index (χ2v) is 6.72. The summed E-state index contributed by atoms with van der Waals surface area (Å²) in [5.41, 5.74) is 0. The highest BCUT2D eigenvalue weighted by atomic mass is 32.2. The molecule has 17 heavy (non-hydrogen) atoms. The summed E-state index contributed by atoms with van der Waals surface area (Å²) in [7, 11) is 0. The molecule has 1 unspecified atom stereocenters. The Morgan fingerprint density at radius 3 is 3.18 bits per heavy atom. The van der Waals surface area contributed by atoms with E-state index >= 15 is 0 Å². The lowest BCUT2D eigenvalue weighted by Crippen LogP contribution is -2.43. The van der Waals surface area contributed by atoms with Crippen molar-refractivity contribution in [2.24, 2.45) is 0 Å². The number of thiophene rings is 1. The smallest absolute Gasteiger partial charge is 0.0158 e. The van der Waals surface area contributed by atoms with Gasteiger partial charge >= 0.3 is 0 Å². The number of thioether (sulfide) groups is 1. The molecule has 0 aliphatic carbocycles. The molecular weight excluding hydrogens is 248 g/mol. The van der Waals surface area contributed by atoms with Gasteiger partial charge in [0, 0.05) is 48.6 Å². The van der Waals surface area contributed by atoms with Crippen LogP contribution < -0.4 is 5.32 Å². The van der Waals surface area contributed by atoms with Crippen molar-refractivity contribution >= 4 is 23.1 Å². The summed E-state index contributed by atoms with van der Waals surface area (Å²) in [4.78, 5) is 4.09. The summed E-state index contributed by atoms with van der Waals surface area (Å²) in [6.07, 6.45) is 1.17. The molecular formula is C13H22N2S2. The highest BCUT2D eigenvalue weighted by Crippen LogP contribution is 2.14. The molecule has 0 aromatic carbocycles. The van der Waals surface area contributed by atoms with Crippen LogP contribution in [0.15, 0.2) is 17.5 Å². The maximum absolute atomic E-state index is 3.55. The number of nitrogens with one attached hydrogen (secondary N) is 1. The molecule has 96 valence electrons. The Kier molecular flexibility index (Phi) is 5.85. The minimum Gasteiger partial charge on any atom is -0.315 e. The van der Waals surface area contributed by atoms with Crippen molar-refractivity contribution in [1.29, 1.82) is 0 Å². The third-order valence-corrected chi connectivity index (χ3v) is 5.33. The molecule has 0 radical (unpaired) electrons. The van der Waals surface area contributed by atoms with Crippen molar-refractivity contribution in [1.82, 2.24) is 10.2 Å². The summed E-state index contributed by atoms with van der Waals surface area (Å²) in [6, 6.07) is 5.11. The predicted octanol–water partition coefficient (Wildman–Crippen LogP) is 2.32. The molecule has 0 saturated carbocycles. The maximum Gasteiger partial charge on any atom is 0.0158 e. The molecule has 0 spiro atoms. The number of hydrogen-bond donors (Lipinski definition) is 1. The number of nitrogens with zero attached hydrogens (tertiary/aromatic N) is 1. The van der Waals surface area contributed by atoms with Gasteiger partial charge in [-0.2, -0.15) is 11.8 Å². The van der Waals surface area contributed by atoms with Crippen molar-refractivity contribution in [3.63, 3.8) is 0 Å². The first-order valence-electron chi connectivity index (χ1n) is 6.41. The molecule has 1 atom stereocenters. The van der Waals surface area contributed by atoms with Gasteiger partial charge in [-0.1, -0.05) is 6.07 Å². The van der Waals surface area contributed by atoms with Gasteiger partial charge in [0.1, 0.15) is 0 Å². The Hall–Kier alpha value is -0.0300.